The number of halogens is 1. The van der Waals surface area contributed by atoms with E-state index in [0.717, 1.165) is 0 Å². The minimum atomic E-state index is -1.18. The van der Waals surface area contributed by atoms with E-state index in [1.54, 1.807) is 11.8 Å². The van der Waals surface area contributed by atoms with Gasteiger partial charge in [0.25, 0.3) is 11.5 Å². The monoisotopic (exact) mass is 356 g/mol. The van der Waals surface area contributed by atoms with Gasteiger partial charge in [0.15, 0.2) is 0 Å². The van der Waals surface area contributed by atoms with Crippen molar-refractivity contribution in [2.24, 2.45) is 0 Å². The van der Waals surface area contributed by atoms with Crippen LogP contribution in [0.5, 0.6) is 0 Å². The molecule has 2 aliphatic rings. The molecule has 1 aromatic heterocycles. The number of piperidine rings is 1. The normalized spacial score (nSPS) is 29.7. The highest BCUT2D eigenvalue weighted by molar-refractivity contribution is 6.30. The van der Waals surface area contributed by atoms with Gasteiger partial charge in [-0.1, -0.05) is 11.6 Å². The number of amides is 1. The summed E-state index contributed by atoms with van der Waals surface area (Å²) in [5, 5.41) is 20.1. The van der Waals surface area contributed by atoms with Gasteiger partial charge < -0.3 is 24.8 Å². The Kier molecular flexibility index (Phi) is 4.46. The summed E-state index contributed by atoms with van der Waals surface area (Å²) in [5.41, 5.74) is -1.79. The quantitative estimate of drug-likeness (QED) is 0.681. The Morgan fingerprint density at radius 1 is 1.46 bits per heavy atom. The number of aliphatic hydroxyl groups excluding tert-OH is 1. The second kappa shape index (κ2) is 6.15. The van der Waals surface area contributed by atoms with E-state index in [1.807, 2.05) is 0 Å². The predicted octanol–water partition coefficient (Wildman–Crippen LogP) is 0.535. The average Bonchev–Trinajstić information content (AvgIpc) is 2.54. The third-order valence-corrected chi connectivity index (χ3v) is 5.29. The molecule has 0 radical (unpaired) electrons. The van der Waals surface area contributed by atoms with Crippen LogP contribution < -0.4 is 5.56 Å². The van der Waals surface area contributed by atoms with Crippen LogP contribution in [0.4, 0.5) is 0 Å². The van der Waals surface area contributed by atoms with Gasteiger partial charge in [-0.2, -0.15) is 0 Å². The summed E-state index contributed by atoms with van der Waals surface area (Å²) in [7, 11) is 0. The highest BCUT2D eigenvalue weighted by atomic mass is 35.5. The fourth-order valence-electron chi connectivity index (χ4n) is 3.46. The summed E-state index contributed by atoms with van der Waals surface area (Å²) in [5.74, 6) is -0.203. The molecule has 1 aromatic rings. The van der Waals surface area contributed by atoms with Gasteiger partial charge in [0.1, 0.15) is 11.1 Å². The van der Waals surface area contributed by atoms with Crippen LogP contribution in [0.25, 0.3) is 0 Å². The van der Waals surface area contributed by atoms with Crippen molar-refractivity contribution in [3.05, 3.63) is 33.2 Å². The van der Waals surface area contributed by atoms with Gasteiger partial charge in [0.05, 0.1) is 23.4 Å². The third-order valence-electron chi connectivity index (χ3n) is 5.01. The molecule has 1 amide bonds. The molecule has 2 aliphatic heterocycles. The number of H-pyrrole nitrogens is 1. The SMILES string of the molecule is C[C@]1(O)CC2(CCN(C(=O)c3c[nH]c(=O)c(Cl)c3)CC2)OC[C@@H]1O. The third kappa shape index (κ3) is 3.21. The van der Waals surface area contributed by atoms with E-state index in [-0.39, 0.29) is 17.5 Å². The predicted molar refractivity (Wildman–Crippen MR) is 87.1 cm³/mol. The molecule has 2 atom stereocenters. The van der Waals surface area contributed by atoms with Gasteiger partial charge in [-0.25, -0.2) is 0 Å². The van der Waals surface area contributed by atoms with Crippen LogP contribution in [0.2, 0.25) is 5.02 Å². The maximum Gasteiger partial charge on any atom is 0.266 e. The minimum absolute atomic E-state index is 0.0185. The number of aromatic amines is 1. The van der Waals surface area contributed by atoms with Crippen LogP contribution in [0.3, 0.4) is 0 Å². The lowest BCUT2D eigenvalue weighted by atomic mass is 9.76. The Hall–Kier alpha value is -1.41. The molecule has 3 N–H and O–H groups in total. The fraction of sp³-hybridized carbons (Fsp3) is 0.625. The molecule has 2 saturated heterocycles. The zero-order valence-corrected chi connectivity index (χ0v) is 14.2. The molecular formula is C16H21ClN2O5. The molecule has 2 fully saturated rings. The molecular weight excluding hydrogens is 336 g/mol. The Morgan fingerprint density at radius 3 is 2.71 bits per heavy atom. The van der Waals surface area contributed by atoms with Crippen LogP contribution in [0.1, 0.15) is 36.5 Å². The molecule has 24 heavy (non-hydrogen) atoms. The van der Waals surface area contributed by atoms with Crippen LogP contribution >= 0.6 is 11.6 Å². The van der Waals surface area contributed by atoms with Gasteiger partial charge >= 0.3 is 0 Å². The lowest BCUT2D eigenvalue weighted by molar-refractivity contribution is -0.221. The Labute approximate surface area is 144 Å². The topological polar surface area (TPSA) is 103 Å². The summed E-state index contributed by atoms with van der Waals surface area (Å²) < 4.78 is 5.81. The largest absolute Gasteiger partial charge is 0.388 e. The molecule has 0 bridgehead atoms. The first-order valence-corrected chi connectivity index (χ1v) is 8.32. The highest BCUT2D eigenvalue weighted by Crippen LogP contribution is 2.39. The number of rotatable bonds is 1. The minimum Gasteiger partial charge on any atom is -0.388 e. The first kappa shape index (κ1) is 17.4. The summed E-state index contributed by atoms with van der Waals surface area (Å²) in [6, 6.07) is 1.37. The lowest BCUT2D eigenvalue weighted by Crippen LogP contribution is -2.59. The summed E-state index contributed by atoms with van der Waals surface area (Å²) >= 11 is 5.77. The number of carbonyl (C=O) groups excluding carboxylic acids is 1. The molecule has 3 rings (SSSR count). The van der Waals surface area contributed by atoms with Crippen molar-refractivity contribution < 1.29 is 19.7 Å². The van der Waals surface area contributed by atoms with Crippen molar-refractivity contribution in [1.82, 2.24) is 9.88 Å². The van der Waals surface area contributed by atoms with Crippen LogP contribution in [0, 0.1) is 0 Å². The summed E-state index contributed by atoms with van der Waals surface area (Å²) in [4.78, 5) is 27.9. The van der Waals surface area contributed by atoms with Crippen LogP contribution in [-0.4, -0.2) is 63.0 Å². The van der Waals surface area contributed by atoms with Crippen molar-refractivity contribution in [1.29, 1.82) is 0 Å². The van der Waals surface area contributed by atoms with Gasteiger partial charge in [0, 0.05) is 25.7 Å². The zero-order chi connectivity index (χ0) is 17.5. The number of aliphatic hydroxyl groups is 2. The second-order valence-electron chi connectivity index (χ2n) is 6.90. The number of likely N-dealkylation sites (tertiary alicyclic amines) is 1. The zero-order valence-electron chi connectivity index (χ0n) is 13.4. The number of nitrogens with one attached hydrogen (secondary N) is 1. The molecule has 132 valence electrons. The van der Waals surface area contributed by atoms with Crippen molar-refractivity contribution in [3.8, 4) is 0 Å². The highest BCUT2D eigenvalue weighted by Gasteiger charge is 2.49. The second-order valence-corrected chi connectivity index (χ2v) is 7.31. The number of nitrogens with zero attached hydrogens (tertiary/aromatic N) is 1. The summed E-state index contributed by atoms with van der Waals surface area (Å²) in [6.45, 7) is 2.65. The number of aromatic nitrogens is 1. The van der Waals surface area contributed by atoms with E-state index in [4.69, 9.17) is 16.3 Å². The molecule has 0 unspecified atom stereocenters. The number of pyridine rings is 1. The molecule has 7 nitrogen and oxygen atoms in total. The maximum atomic E-state index is 12.5. The Bertz CT molecular complexity index is 694. The van der Waals surface area contributed by atoms with Crippen molar-refractivity contribution in [2.75, 3.05) is 19.7 Å². The van der Waals surface area contributed by atoms with Crippen molar-refractivity contribution in [3.63, 3.8) is 0 Å². The molecule has 8 heteroatoms. The molecule has 0 saturated carbocycles. The van der Waals surface area contributed by atoms with E-state index < -0.39 is 22.9 Å². The fourth-order valence-corrected chi connectivity index (χ4v) is 3.63. The Morgan fingerprint density at radius 2 is 2.12 bits per heavy atom. The van der Waals surface area contributed by atoms with Crippen LogP contribution in [0.15, 0.2) is 17.1 Å². The standard InChI is InChI=1S/C16H21ClN2O5/c1-15(23)9-16(24-8-12(15)20)2-4-19(5-3-16)14(22)10-6-11(17)13(21)18-7-10/h6-7,12,20,23H,2-5,8-9H2,1H3,(H,18,21)/t12-,15-/m0/s1. The molecule has 3 heterocycles. The van der Waals surface area contributed by atoms with Gasteiger partial charge in [0.2, 0.25) is 0 Å². The molecule has 0 aliphatic carbocycles. The Balaban J connectivity index is 1.67. The summed E-state index contributed by atoms with van der Waals surface area (Å²) in [6.07, 6.45) is 1.97. The lowest BCUT2D eigenvalue weighted by Gasteiger charge is -2.49. The van der Waals surface area contributed by atoms with E-state index in [2.05, 4.69) is 4.98 Å². The number of hydrogen-bond donors (Lipinski definition) is 3. The van der Waals surface area contributed by atoms with E-state index >= 15 is 0 Å². The first-order chi connectivity index (χ1) is 11.2. The van der Waals surface area contributed by atoms with E-state index in [0.29, 0.717) is 37.9 Å². The number of carbonyl (C=O) groups is 1. The van der Waals surface area contributed by atoms with E-state index in [1.165, 1.54) is 12.3 Å². The smallest absolute Gasteiger partial charge is 0.266 e. The van der Waals surface area contributed by atoms with Crippen molar-refractivity contribution in [2.45, 2.75) is 43.5 Å². The first-order valence-electron chi connectivity index (χ1n) is 7.94. The molecule has 0 aromatic carbocycles. The number of hydrogen-bond acceptors (Lipinski definition) is 5. The van der Waals surface area contributed by atoms with E-state index in [9.17, 15) is 19.8 Å². The van der Waals surface area contributed by atoms with Gasteiger partial charge in [-0.3, -0.25) is 9.59 Å². The number of ether oxygens (including phenoxy) is 1. The van der Waals surface area contributed by atoms with Gasteiger partial charge in [-0.05, 0) is 25.8 Å². The van der Waals surface area contributed by atoms with Gasteiger partial charge in [-0.15, -0.1) is 0 Å². The maximum absolute atomic E-state index is 12.5. The van der Waals surface area contributed by atoms with Crippen LogP contribution in [-0.2, 0) is 4.74 Å². The van der Waals surface area contributed by atoms with Crippen molar-refractivity contribution >= 4 is 17.5 Å². The average molecular weight is 357 g/mol. The molecule has 1 spiro atoms.